The van der Waals surface area contributed by atoms with Gasteiger partial charge in [-0.3, -0.25) is 9.10 Å². The fourth-order valence-corrected chi connectivity index (χ4v) is 3.26. The SMILES string of the molecule is CS(=O)(=O)N(CC(=O)N/N=C/c1ccco1)c1ccc(Oc2ccccc2)cc1. The number of hydrogen-bond acceptors (Lipinski definition) is 6. The maximum absolute atomic E-state index is 12.2. The van der Waals surface area contributed by atoms with Crippen molar-refractivity contribution in [1.29, 1.82) is 0 Å². The number of hydrogen-bond donors (Lipinski definition) is 1. The molecule has 3 aromatic rings. The van der Waals surface area contributed by atoms with Crippen molar-refractivity contribution in [2.24, 2.45) is 5.10 Å². The van der Waals surface area contributed by atoms with Crippen molar-refractivity contribution in [3.8, 4) is 11.5 Å². The molecule has 0 unspecified atom stereocenters. The normalized spacial score (nSPS) is 11.3. The van der Waals surface area contributed by atoms with Crippen molar-refractivity contribution < 1.29 is 22.4 Å². The van der Waals surface area contributed by atoms with E-state index in [1.54, 1.807) is 36.4 Å². The Morgan fingerprint density at radius 3 is 2.38 bits per heavy atom. The molecule has 1 aromatic heterocycles. The second-order valence-electron chi connectivity index (χ2n) is 5.99. The van der Waals surface area contributed by atoms with E-state index in [2.05, 4.69) is 10.5 Å². The van der Waals surface area contributed by atoms with E-state index in [9.17, 15) is 13.2 Å². The van der Waals surface area contributed by atoms with Crippen molar-refractivity contribution in [2.75, 3.05) is 17.1 Å². The molecule has 0 radical (unpaired) electrons. The maximum Gasteiger partial charge on any atom is 0.260 e. The molecule has 150 valence electrons. The highest BCUT2D eigenvalue weighted by atomic mass is 32.2. The summed E-state index contributed by atoms with van der Waals surface area (Å²) in [7, 11) is -3.69. The molecule has 0 aliphatic heterocycles. The van der Waals surface area contributed by atoms with Crippen LogP contribution in [0.5, 0.6) is 11.5 Å². The number of carbonyl (C=O) groups excluding carboxylic acids is 1. The Labute approximate surface area is 168 Å². The Morgan fingerprint density at radius 2 is 1.76 bits per heavy atom. The average molecular weight is 413 g/mol. The summed E-state index contributed by atoms with van der Waals surface area (Å²) in [5.41, 5.74) is 2.61. The molecule has 0 bridgehead atoms. The molecule has 8 nitrogen and oxygen atoms in total. The molecule has 0 fully saturated rings. The highest BCUT2D eigenvalue weighted by Gasteiger charge is 2.20. The third-order valence-electron chi connectivity index (χ3n) is 3.72. The van der Waals surface area contributed by atoms with Crippen molar-refractivity contribution in [2.45, 2.75) is 0 Å². The van der Waals surface area contributed by atoms with Crippen LogP contribution in [0.2, 0.25) is 0 Å². The molecule has 0 aliphatic rings. The molecule has 1 N–H and O–H groups in total. The summed E-state index contributed by atoms with van der Waals surface area (Å²) in [6.07, 6.45) is 3.82. The molecule has 0 atom stereocenters. The van der Waals surface area contributed by atoms with Gasteiger partial charge in [-0.2, -0.15) is 5.10 Å². The van der Waals surface area contributed by atoms with E-state index in [0.717, 1.165) is 10.6 Å². The van der Waals surface area contributed by atoms with Crippen LogP contribution in [-0.2, 0) is 14.8 Å². The Hall–Kier alpha value is -3.59. The first kappa shape index (κ1) is 20.2. The Bertz CT molecular complexity index is 1060. The molecular weight excluding hydrogens is 394 g/mol. The number of amides is 1. The van der Waals surface area contributed by atoms with Crippen molar-refractivity contribution in [1.82, 2.24) is 5.43 Å². The third kappa shape index (κ3) is 5.94. The molecule has 9 heteroatoms. The third-order valence-corrected chi connectivity index (χ3v) is 4.86. The van der Waals surface area contributed by atoms with Crippen molar-refractivity contribution in [3.63, 3.8) is 0 Å². The summed E-state index contributed by atoms with van der Waals surface area (Å²) < 4.78 is 36.1. The van der Waals surface area contributed by atoms with Crippen LogP contribution in [0.4, 0.5) is 5.69 Å². The molecule has 0 aliphatic carbocycles. The smallest absolute Gasteiger partial charge is 0.260 e. The van der Waals surface area contributed by atoms with Crippen LogP contribution in [0.1, 0.15) is 5.76 Å². The summed E-state index contributed by atoms with van der Waals surface area (Å²) in [6, 6.07) is 18.9. The van der Waals surface area contributed by atoms with Crippen LogP contribution in [0.15, 0.2) is 82.5 Å². The zero-order valence-corrected chi connectivity index (χ0v) is 16.4. The molecule has 1 heterocycles. The largest absolute Gasteiger partial charge is 0.463 e. The van der Waals surface area contributed by atoms with Crippen LogP contribution < -0.4 is 14.5 Å². The second-order valence-corrected chi connectivity index (χ2v) is 7.89. The van der Waals surface area contributed by atoms with Crippen molar-refractivity contribution in [3.05, 3.63) is 78.8 Å². The molecule has 0 saturated carbocycles. The number of nitrogens with one attached hydrogen (secondary N) is 1. The summed E-state index contributed by atoms with van der Waals surface area (Å²) in [4.78, 5) is 12.1. The number of rotatable bonds is 8. The molecule has 3 rings (SSSR count). The lowest BCUT2D eigenvalue weighted by molar-refractivity contribution is -0.119. The highest BCUT2D eigenvalue weighted by Crippen LogP contribution is 2.25. The number of hydrazone groups is 1. The predicted molar refractivity (Wildman–Crippen MR) is 110 cm³/mol. The lowest BCUT2D eigenvalue weighted by Gasteiger charge is -2.21. The van der Waals surface area contributed by atoms with Gasteiger partial charge in [0.15, 0.2) is 0 Å². The first-order chi connectivity index (χ1) is 13.9. The van der Waals surface area contributed by atoms with Gasteiger partial charge in [-0.1, -0.05) is 18.2 Å². The van der Waals surface area contributed by atoms with Gasteiger partial charge >= 0.3 is 0 Å². The van der Waals surface area contributed by atoms with Crippen LogP contribution in [0.25, 0.3) is 0 Å². The van der Waals surface area contributed by atoms with Gasteiger partial charge in [-0.25, -0.2) is 13.8 Å². The first-order valence-corrected chi connectivity index (χ1v) is 10.4. The van der Waals surface area contributed by atoms with E-state index in [0.29, 0.717) is 22.9 Å². The maximum atomic E-state index is 12.2. The summed E-state index contributed by atoms with van der Waals surface area (Å²) >= 11 is 0. The molecule has 0 spiro atoms. The van der Waals surface area contributed by atoms with E-state index in [-0.39, 0.29) is 0 Å². The average Bonchev–Trinajstić information content (AvgIpc) is 3.20. The van der Waals surface area contributed by atoms with E-state index in [1.807, 2.05) is 30.3 Å². The van der Waals surface area contributed by atoms with E-state index in [1.165, 1.54) is 12.5 Å². The van der Waals surface area contributed by atoms with Gasteiger partial charge in [0.1, 0.15) is 23.8 Å². The minimum Gasteiger partial charge on any atom is -0.463 e. The monoisotopic (exact) mass is 413 g/mol. The topological polar surface area (TPSA) is 101 Å². The molecule has 0 saturated heterocycles. The number of furan rings is 1. The van der Waals surface area contributed by atoms with E-state index in [4.69, 9.17) is 9.15 Å². The van der Waals surface area contributed by atoms with Crippen LogP contribution in [0, 0.1) is 0 Å². The fraction of sp³-hybridized carbons (Fsp3) is 0.100. The minimum atomic E-state index is -3.69. The Balaban J connectivity index is 1.67. The standard InChI is InChI=1S/C20H19N3O5S/c1-29(25,26)23(15-20(24)22-21-14-19-8-5-13-27-19)16-9-11-18(12-10-16)28-17-6-3-2-4-7-17/h2-14H,15H2,1H3,(H,22,24)/b21-14+. The van der Waals surface area contributed by atoms with Gasteiger partial charge in [0.25, 0.3) is 5.91 Å². The molecule has 1 amide bonds. The highest BCUT2D eigenvalue weighted by molar-refractivity contribution is 7.92. The molecular formula is C20H19N3O5S. The van der Waals surface area contributed by atoms with Crippen molar-refractivity contribution >= 4 is 27.8 Å². The lowest BCUT2D eigenvalue weighted by atomic mass is 10.3. The van der Waals surface area contributed by atoms with Gasteiger partial charge in [0.2, 0.25) is 10.0 Å². The number of benzene rings is 2. The predicted octanol–water partition coefficient (Wildman–Crippen LogP) is 2.99. The van der Waals surface area contributed by atoms with Gasteiger partial charge < -0.3 is 9.15 Å². The van der Waals surface area contributed by atoms with E-state index >= 15 is 0 Å². The zero-order valence-electron chi connectivity index (χ0n) is 15.6. The summed E-state index contributed by atoms with van der Waals surface area (Å²) in [5, 5.41) is 3.74. The zero-order chi connectivity index (χ0) is 20.7. The van der Waals surface area contributed by atoms with Gasteiger partial charge in [0, 0.05) is 0 Å². The fourth-order valence-electron chi connectivity index (χ4n) is 2.40. The van der Waals surface area contributed by atoms with Crippen LogP contribution >= 0.6 is 0 Å². The number of nitrogens with zero attached hydrogens (tertiary/aromatic N) is 2. The molecule has 2 aromatic carbocycles. The van der Waals surface area contributed by atoms with Crippen LogP contribution in [-0.4, -0.2) is 33.3 Å². The number of carbonyl (C=O) groups is 1. The molecule has 29 heavy (non-hydrogen) atoms. The quantitative estimate of drug-likeness (QED) is 0.452. The minimum absolute atomic E-state index is 0.332. The van der Waals surface area contributed by atoms with E-state index < -0.39 is 22.5 Å². The van der Waals surface area contributed by atoms with Gasteiger partial charge in [0.05, 0.1) is 24.4 Å². The number of sulfonamides is 1. The Morgan fingerprint density at radius 1 is 1.07 bits per heavy atom. The Kier molecular flexibility index (Phi) is 6.30. The first-order valence-electron chi connectivity index (χ1n) is 8.58. The summed E-state index contributed by atoms with van der Waals surface area (Å²) in [6.45, 7) is -0.423. The number of ether oxygens (including phenoxy) is 1. The van der Waals surface area contributed by atoms with Gasteiger partial charge in [-0.15, -0.1) is 0 Å². The number of anilines is 1. The lowest BCUT2D eigenvalue weighted by Crippen LogP contribution is -2.38. The van der Waals surface area contributed by atoms with Gasteiger partial charge in [-0.05, 0) is 48.5 Å². The second kappa shape index (κ2) is 9.07. The summed E-state index contributed by atoms with van der Waals surface area (Å²) in [5.74, 6) is 1.07. The van der Waals surface area contributed by atoms with Crippen LogP contribution in [0.3, 0.4) is 0 Å². The number of para-hydroxylation sites is 1.